The standard InChI is InChI=1S/C10H14N2O/c1-8-2-3-12-9(6-8)10-7-11-4-5-13-10/h2-3,6,10-11H,4-5,7H2,1H3/t10-/m1/s1/i4D2. The fraction of sp³-hybridized carbons (Fsp3) is 0.500. The number of nitrogens with one attached hydrogen (secondary N) is 1. The minimum Gasteiger partial charge on any atom is -0.369 e. The molecule has 0 saturated carbocycles. The van der Waals surface area contributed by atoms with E-state index in [0.717, 1.165) is 11.3 Å². The van der Waals surface area contributed by atoms with Crippen LogP contribution in [0.25, 0.3) is 0 Å². The number of aromatic nitrogens is 1. The Bertz CT molecular complexity index is 347. The molecule has 0 bridgehead atoms. The average molecular weight is 180 g/mol. The molecule has 1 aliphatic heterocycles. The molecular formula is C10H14N2O. The van der Waals surface area contributed by atoms with Crippen LogP contribution in [0, 0.1) is 6.92 Å². The van der Waals surface area contributed by atoms with E-state index in [0.29, 0.717) is 6.54 Å². The van der Waals surface area contributed by atoms with Gasteiger partial charge in [0.2, 0.25) is 0 Å². The van der Waals surface area contributed by atoms with E-state index in [1.807, 2.05) is 19.1 Å². The molecule has 0 aromatic carbocycles. The first-order valence-corrected chi connectivity index (χ1v) is 4.36. The van der Waals surface area contributed by atoms with Crippen LogP contribution in [-0.2, 0) is 4.74 Å². The van der Waals surface area contributed by atoms with Crippen molar-refractivity contribution >= 4 is 0 Å². The van der Waals surface area contributed by atoms with Gasteiger partial charge in [0.25, 0.3) is 0 Å². The lowest BCUT2D eigenvalue weighted by Gasteiger charge is -2.23. The molecule has 0 spiro atoms. The van der Waals surface area contributed by atoms with Gasteiger partial charge in [0.05, 0.1) is 12.3 Å². The van der Waals surface area contributed by atoms with Crippen LogP contribution in [-0.4, -0.2) is 24.6 Å². The Labute approximate surface area is 80.9 Å². The zero-order valence-electron chi connectivity index (χ0n) is 9.58. The van der Waals surface area contributed by atoms with Crippen molar-refractivity contribution in [2.75, 3.05) is 19.6 Å². The molecular weight excluding hydrogens is 164 g/mol. The van der Waals surface area contributed by atoms with Crippen LogP contribution in [0.4, 0.5) is 0 Å². The summed E-state index contributed by atoms with van der Waals surface area (Å²) in [6.45, 7) is 1.11. The van der Waals surface area contributed by atoms with Crippen molar-refractivity contribution in [1.29, 1.82) is 0 Å². The maximum absolute atomic E-state index is 7.43. The van der Waals surface area contributed by atoms with Gasteiger partial charge >= 0.3 is 0 Å². The third kappa shape index (κ3) is 2.05. The van der Waals surface area contributed by atoms with Gasteiger partial charge in [0.1, 0.15) is 6.10 Å². The predicted octanol–water partition coefficient (Wildman–Crippen LogP) is 1.05. The van der Waals surface area contributed by atoms with Crippen LogP contribution >= 0.6 is 0 Å². The van der Waals surface area contributed by atoms with Gasteiger partial charge in [-0.05, 0) is 24.6 Å². The number of ether oxygens (including phenoxy) is 1. The molecule has 1 N–H and O–H groups in total. The second-order valence-corrected chi connectivity index (χ2v) is 3.12. The number of nitrogens with zero attached hydrogens (tertiary/aromatic N) is 1. The molecule has 1 aromatic rings. The highest BCUT2D eigenvalue weighted by atomic mass is 16.5. The zero-order chi connectivity index (χ0) is 10.9. The van der Waals surface area contributed by atoms with Gasteiger partial charge in [-0.2, -0.15) is 0 Å². The maximum Gasteiger partial charge on any atom is 0.112 e. The summed E-state index contributed by atoms with van der Waals surface area (Å²) in [5, 5.41) is 2.79. The lowest BCUT2D eigenvalue weighted by Crippen LogP contribution is -2.33. The summed E-state index contributed by atoms with van der Waals surface area (Å²) in [5.41, 5.74) is 2.00. The van der Waals surface area contributed by atoms with Crippen molar-refractivity contribution in [3.8, 4) is 0 Å². The summed E-state index contributed by atoms with van der Waals surface area (Å²) in [6.07, 6.45) is 1.60. The maximum atomic E-state index is 7.43. The first-order chi connectivity index (χ1) is 7.07. The smallest absolute Gasteiger partial charge is 0.112 e. The third-order valence-electron chi connectivity index (χ3n) is 2.04. The molecule has 1 aliphatic rings. The molecule has 13 heavy (non-hydrogen) atoms. The minimum atomic E-state index is -1.42. The molecule has 0 unspecified atom stereocenters. The van der Waals surface area contributed by atoms with Crippen molar-refractivity contribution in [3.05, 3.63) is 29.6 Å². The van der Waals surface area contributed by atoms with Crippen molar-refractivity contribution in [1.82, 2.24) is 10.3 Å². The van der Waals surface area contributed by atoms with Gasteiger partial charge in [-0.3, -0.25) is 4.98 Å². The highest BCUT2D eigenvalue weighted by molar-refractivity contribution is 5.16. The van der Waals surface area contributed by atoms with E-state index in [1.165, 1.54) is 0 Å². The van der Waals surface area contributed by atoms with E-state index in [1.54, 1.807) is 6.20 Å². The Hall–Kier alpha value is -0.930. The number of hydrogen-bond acceptors (Lipinski definition) is 3. The number of pyridine rings is 1. The Balaban J connectivity index is 2.08. The minimum absolute atomic E-state index is 0.0628. The molecule has 70 valence electrons. The predicted molar refractivity (Wildman–Crippen MR) is 50.5 cm³/mol. The van der Waals surface area contributed by atoms with E-state index in [9.17, 15) is 0 Å². The van der Waals surface area contributed by atoms with Crippen LogP contribution in [0.15, 0.2) is 18.3 Å². The molecule has 0 aliphatic carbocycles. The Morgan fingerprint density at radius 2 is 2.69 bits per heavy atom. The molecule has 2 heterocycles. The van der Waals surface area contributed by atoms with E-state index in [-0.39, 0.29) is 12.7 Å². The Morgan fingerprint density at radius 1 is 1.77 bits per heavy atom. The van der Waals surface area contributed by atoms with Crippen LogP contribution < -0.4 is 5.32 Å². The van der Waals surface area contributed by atoms with E-state index in [4.69, 9.17) is 7.48 Å². The molecule has 0 radical (unpaired) electrons. The number of aryl methyl sites for hydroxylation is 1. The number of morpholine rings is 1. The van der Waals surface area contributed by atoms with Crippen molar-refractivity contribution in [2.45, 2.75) is 13.0 Å². The second-order valence-electron chi connectivity index (χ2n) is 3.12. The SMILES string of the molecule is [2H]C1([2H])CO[C@@H](c2cc(C)ccn2)CN1. The highest BCUT2D eigenvalue weighted by Gasteiger charge is 2.16. The van der Waals surface area contributed by atoms with E-state index in [2.05, 4.69) is 10.3 Å². The number of hydrogen-bond donors (Lipinski definition) is 1. The van der Waals surface area contributed by atoms with Crippen molar-refractivity contribution in [2.24, 2.45) is 0 Å². The van der Waals surface area contributed by atoms with Gasteiger partial charge in [-0.15, -0.1) is 0 Å². The molecule has 2 rings (SSSR count). The van der Waals surface area contributed by atoms with Gasteiger partial charge in [-0.1, -0.05) is 0 Å². The van der Waals surface area contributed by atoms with Crippen LogP contribution in [0.3, 0.4) is 0 Å². The molecule has 0 amide bonds. The first-order valence-electron chi connectivity index (χ1n) is 5.36. The number of rotatable bonds is 1. The quantitative estimate of drug-likeness (QED) is 0.701. The molecule has 1 atom stereocenters. The zero-order valence-corrected chi connectivity index (χ0v) is 7.58. The Kier molecular flexibility index (Phi) is 1.93. The fourth-order valence-corrected chi connectivity index (χ4v) is 1.34. The molecule has 1 aromatic heterocycles. The molecule has 1 saturated heterocycles. The topological polar surface area (TPSA) is 34.1 Å². The molecule has 3 nitrogen and oxygen atoms in total. The summed E-state index contributed by atoms with van der Waals surface area (Å²) in [5.74, 6) is 0. The monoisotopic (exact) mass is 180 g/mol. The Morgan fingerprint density at radius 3 is 3.38 bits per heavy atom. The van der Waals surface area contributed by atoms with Crippen LogP contribution in [0.1, 0.15) is 20.1 Å². The average Bonchev–Trinajstić information content (AvgIpc) is 2.17. The van der Waals surface area contributed by atoms with Crippen LogP contribution in [0.2, 0.25) is 0 Å². The highest BCUT2D eigenvalue weighted by Crippen LogP contribution is 2.16. The lowest BCUT2D eigenvalue weighted by atomic mass is 10.1. The van der Waals surface area contributed by atoms with Gasteiger partial charge in [0.15, 0.2) is 0 Å². The normalized spacial score (nSPS) is 29.2. The lowest BCUT2D eigenvalue weighted by molar-refractivity contribution is 0.0250. The van der Waals surface area contributed by atoms with Crippen LogP contribution in [0.5, 0.6) is 0 Å². The van der Waals surface area contributed by atoms with Gasteiger partial charge < -0.3 is 10.1 Å². The third-order valence-corrected chi connectivity index (χ3v) is 2.04. The summed E-state index contributed by atoms with van der Waals surface area (Å²) >= 11 is 0. The fourth-order valence-electron chi connectivity index (χ4n) is 1.34. The summed E-state index contributed by atoms with van der Waals surface area (Å²) < 4.78 is 20.3. The first kappa shape index (κ1) is 6.51. The van der Waals surface area contributed by atoms with Crippen molar-refractivity contribution in [3.63, 3.8) is 0 Å². The van der Waals surface area contributed by atoms with E-state index < -0.39 is 6.50 Å². The summed E-state index contributed by atoms with van der Waals surface area (Å²) in [7, 11) is 0. The van der Waals surface area contributed by atoms with E-state index >= 15 is 0 Å². The van der Waals surface area contributed by atoms with Crippen molar-refractivity contribution < 1.29 is 7.48 Å². The largest absolute Gasteiger partial charge is 0.369 e. The molecule has 1 fully saturated rings. The van der Waals surface area contributed by atoms with Gasteiger partial charge in [-0.25, -0.2) is 0 Å². The van der Waals surface area contributed by atoms with Gasteiger partial charge in [0, 0.05) is 22.0 Å². The summed E-state index contributed by atoms with van der Waals surface area (Å²) in [4.78, 5) is 4.22. The molecule has 3 heteroatoms. The summed E-state index contributed by atoms with van der Waals surface area (Å²) in [6, 6.07) is 3.90. The second kappa shape index (κ2) is 3.85.